The highest BCUT2D eigenvalue weighted by Crippen LogP contribution is 2.17. The highest BCUT2D eigenvalue weighted by atomic mass is 127. The first-order valence-electron chi connectivity index (χ1n) is 11.7. The Morgan fingerprint density at radius 1 is 1.16 bits per heavy atom. The number of carbonyl (C=O) groups is 1. The van der Waals surface area contributed by atoms with E-state index >= 15 is 0 Å². The number of rotatable bonds is 12. The predicted molar refractivity (Wildman–Crippen MR) is 145 cm³/mol. The van der Waals surface area contributed by atoms with Gasteiger partial charge in [0.15, 0.2) is 0 Å². The normalized spacial score (nSPS) is 13.4. The number of ether oxygens (including phenoxy) is 1. The van der Waals surface area contributed by atoms with Gasteiger partial charge >= 0.3 is 12.6 Å². The summed E-state index contributed by atoms with van der Waals surface area (Å²) >= 11 is 2.17. The van der Waals surface area contributed by atoms with Crippen molar-refractivity contribution in [3.05, 3.63) is 80.6 Å². The third-order valence-electron chi connectivity index (χ3n) is 5.11. The molecule has 0 heterocycles. The van der Waals surface area contributed by atoms with Crippen LogP contribution in [0.3, 0.4) is 0 Å². The van der Waals surface area contributed by atoms with Crippen LogP contribution in [0.25, 0.3) is 0 Å². The van der Waals surface area contributed by atoms with E-state index in [-0.39, 0.29) is 36.3 Å². The molecule has 0 aromatic heterocycles. The van der Waals surface area contributed by atoms with Gasteiger partial charge in [0, 0.05) is 34.0 Å². The van der Waals surface area contributed by atoms with Crippen molar-refractivity contribution >= 4 is 34.4 Å². The minimum Gasteiger partial charge on any atom is -0.444 e. The molecule has 2 atom stereocenters. The van der Waals surface area contributed by atoms with Crippen LogP contribution in [0.2, 0.25) is 0 Å². The summed E-state index contributed by atoms with van der Waals surface area (Å²) in [7, 11) is 0. The SMILES string of the molecule is CC(C)(C)OC(=O)NC(Cc1ccc(I)cc1)[C@@H](O)CNCc1c(F)cc(C(=N)/C=C\NC(F)F)cc1F. The highest BCUT2D eigenvalue weighted by molar-refractivity contribution is 14.1. The van der Waals surface area contributed by atoms with Crippen molar-refractivity contribution < 1.29 is 32.2 Å². The summed E-state index contributed by atoms with van der Waals surface area (Å²) in [5.74, 6) is -1.88. The number of aliphatic hydroxyl groups is 1. The Balaban J connectivity index is 2.06. The number of benzene rings is 2. The van der Waals surface area contributed by atoms with Crippen LogP contribution < -0.4 is 16.0 Å². The Morgan fingerprint density at radius 3 is 2.32 bits per heavy atom. The van der Waals surface area contributed by atoms with Gasteiger partial charge < -0.3 is 31.2 Å². The molecular weight excluding hydrogens is 619 g/mol. The van der Waals surface area contributed by atoms with E-state index in [9.17, 15) is 27.5 Å². The van der Waals surface area contributed by atoms with Gasteiger partial charge in [0.05, 0.1) is 17.9 Å². The van der Waals surface area contributed by atoms with Crippen LogP contribution >= 0.6 is 22.6 Å². The molecule has 5 N–H and O–H groups in total. The summed E-state index contributed by atoms with van der Waals surface area (Å²) in [6.07, 6.45) is 0.220. The fourth-order valence-corrected chi connectivity index (χ4v) is 3.69. The highest BCUT2D eigenvalue weighted by Gasteiger charge is 2.25. The van der Waals surface area contributed by atoms with E-state index in [1.165, 1.54) is 0 Å². The number of alkyl halides is 2. The average Bonchev–Trinajstić information content (AvgIpc) is 2.80. The lowest BCUT2D eigenvalue weighted by molar-refractivity contribution is 0.0422. The zero-order chi connectivity index (χ0) is 28.5. The van der Waals surface area contributed by atoms with Crippen LogP contribution in [-0.2, 0) is 17.7 Å². The van der Waals surface area contributed by atoms with Crippen LogP contribution in [0.5, 0.6) is 0 Å². The van der Waals surface area contributed by atoms with Crippen molar-refractivity contribution in [3.8, 4) is 0 Å². The molecule has 7 nitrogen and oxygen atoms in total. The van der Waals surface area contributed by atoms with Gasteiger partial charge in [0.25, 0.3) is 0 Å². The molecule has 2 aromatic rings. The first-order chi connectivity index (χ1) is 17.7. The molecule has 208 valence electrons. The second-order valence-corrected chi connectivity index (χ2v) is 10.7. The number of nitrogens with one attached hydrogen (secondary N) is 4. The maximum Gasteiger partial charge on any atom is 0.407 e. The van der Waals surface area contributed by atoms with Crippen molar-refractivity contribution in [2.75, 3.05) is 6.54 Å². The Hall–Kier alpha value is -2.71. The van der Waals surface area contributed by atoms with Crippen molar-refractivity contribution in [2.24, 2.45) is 0 Å². The van der Waals surface area contributed by atoms with Crippen molar-refractivity contribution in [1.82, 2.24) is 16.0 Å². The lowest BCUT2D eigenvalue weighted by Gasteiger charge is -2.27. The number of allylic oxidation sites excluding steroid dienone is 1. The van der Waals surface area contributed by atoms with E-state index < -0.39 is 42.0 Å². The molecule has 12 heteroatoms. The monoisotopic (exact) mass is 650 g/mol. The maximum atomic E-state index is 14.6. The molecular formula is C26H31F4IN4O3. The smallest absolute Gasteiger partial charge is 0.407 e. The van der Waals surface area contributed by atoms with Gasteiger partial charge in [-0.2, -0.15) is 8.78 Å². The molecule has 0 aliphatic rings. The van der Waals surface area contributed by atoms with Gasteiger partial charge in [0.1, 0.15) is 17.2 Å². The third kappa shape index (κ3) is 11.0. The van der Waals surface area contributed by atoms with Gasteiger partial charge in [-0.15, -0.1) is 0 Å². The average molecular weight is 650 g/mol. The zero-order valence-electron chi connectivity index (χ0n) is 21.1. The van der Waals surface area contributed by atoms with Crippen molar-refractivity contribution in [2.45, 2.75) is 58.0 Å². The number of aliphatic hydroxyl groups excluding tert-OH is 1. The topological polar surface area (TPSA) is 106 Å². The second-order valence-electron chi connectivity index (χ2n) is 9.41. The van der Waals surface area contributed by atoms with E-state index in [4.69, 9.17) is 10.1 Å². The molecule has 38 heavy (non-hydrogen) atoms. The maximum absolute atomic E-state index is 14.6. The first-order valence-corrected chi connectivity index (χ1v) is 12.7. The zero-order valence-corrected chi connectivity index (χ0v) is 23.3. The van der Waals surface area contributed by atoms with Gasteiger partial charge in [-0.25, -0.2) is 13.6 Å². The van der Waals surface area contributed by atoms with E-state index in [1.54, 1.807) is 26.1 Å². The molecule has 2 aromatic carbocycles. The van der Waals surface area contributed by atoms with Crippen LogP contribution in [0.1, 0.15) is 37.5 Å². The molecule has 1 amide bonds. The number of halogens is 5. The molecule has 2 rings (SSSR count). The van der Waals surface area contributed by atoms with Crippen molar-refractivity contribution in [3.63, 3.8) is 0 Å². The summed E-state index contributed by atoms with van der Waals surface area (Å²) in [6, 6.07) is 8.62. The Morgan fingerprint density at radius 2 is 1.76 bits per heavy atom. The van der Waals surface area contributed by atoms with Gasteiger partial charge in [-0.3, -0.25) is 0 Å². The molecule has 1 unspecified atom stereocenters. The molecule has 0 fully saturated rings. The van der Waals surface area contributed by atoms with Crippen molar-refractivity contribution in [1.29, 1.82) is 5.41 Å². The van der Waals surface area contributed by atoms with Gasteiger partial charge in [-0.1, -0.05) is 12.1 Å². The van der Waals surface area contributed by atoms with E-state index in [0.29, 0.717) is 0 Å². The Kier molecular flexibility index (Phi) is 12.0. The number of hydrogen-bond donors (Lipinski definition) is 5. The summed E-state index contributed by atoms with van der Waals surface area (Å²) in [4.78, 5) is 12.4. The second kappa shape index (κ2) is 14.4. The number of hydrogen-bond acceptors (Lipinski definition) is 6. The lowest BCUT2D eigenvalue weighted by atomic mass is 10.0. The summed E-state index contributed by atoms with van der Waals surface area (Å²) in [5, 5.41) is 25.7. The lowest BCUT2D eigenvalue weighted by Crippen LogP contribution is -2.50. The molecule has 0 radical (unpaired) electrons. The number of carbonyl (C=O) groups excluding carboxylic acids is 1. The quantitative estimate of drug-likeness (QED) is 0.0979. The fraction of sp³-hybridized carbons (Fsp3) is 0.385. The van der Waals surface area contributed by atoms with Crippen LogP contribution in [0.4, 0.5) is 22.4 Å². The molecule has 0 saturated heterocycles. The van der Waals surface area contributed by atoms with Crippen LogP contribution in [0.15, 0.2) is 48.7 Å². The first kappa shape index (κ1) is 31.5. The molecule has 0 bridgehead atoms. The predicted octanol–water partition coefficient (Wildman–Crippen LogP) is 4.85. The Labute approximate surface area is 232 Å². The van der Waals surface area contributed by atoms with Gasteiger partial charge in [0.2, 0.25) is 0 Å². The molecule has 0 aliphatic carbocycles. The Bertz CT molecular complexity index is 1100. The minimum absolute atomic E-state index is 0.108. The third-order valence-corrected chi connectivity index (χ3v) is 5.83. The number of amides is 1. The number of alkyl carbamates (subject to hydrolysis) is 1. The summed E-state index contributed by atoms with van der Waals surface area (Å²) in [6.45, 7) is 1.92. The minimum atomic E-state index is -2.83. The summed E-state index contributed by atoms with van der Waals surface area (Å²) < 4.78 is 59.8. The largest absolute Gasteiger partial charge is 0.444 e. The van der Waals surface area contributed by atoms with E-state index in [1.807, 2.05) is 24.3 Å². The molecule has 0 saturated carbocycles. The van der Waals surface area contributed by atoms with Crippen LogP contribution in [-0.4, -0.2) is 47.8 Å². The molecule has 0 aliphatic heterocycles. The standard InChI is InChI=1S/C26H31F4IN4O3/c1-26(2,3)38-25(37)35-22(10-15-4-6-17(31)7-5-15)23(36)14-33-13-18-19(27)11-16(12-20(18)28)21(32)8-9-34-24(29)30/h4-9,11-12,22-24,32-34,36H,10,13-14H2,1-3H3,(H,35,37)/b9-8-,32-21?/t22?,23-/m0/s1. The fourth-order valence-electron chi connectivity index (χ4n) is 3.33. The van der Waals surface area contributed by atoms with E-state index in [0.717, 1.165) is 33.5 Å². The van der Waals surface area contributed by atoms with E-state index in [2.05, 4.69) is 33.2 Å². The molecule has 0 spiro atoms. The van der Waals surface area contributed by atoms with Crippen LogP contribution in [0, 0.1) is 20.6 Å². The van der Waals surface area contributed by atoms with Gasteiger partial charge in [-0.05, 0) is 85.7 Å². The summed E-state index contributed by atoms with van der Waals surface area (Å²) in [5.41, 5.74) is -0.697.